The number of nitrogens with zero attached hydrogens (tertiary/aromatic N) is 1. The third-order valence-corrected chi connectivity index (χ3v) is 4.78. The Balaban J connectivity index is 1.76. The fourth-order valence-electron chi connectivity index (χ4n) is 2.71. The van der Waals surface area contributed by atoms with Gasteiger partial charge in [-0.3, -0.25) is 4.79 Å². The summed E-state index contributed by atoms with van der Waals surface area (Å²) in [6.45, 7) is 0. The number of hydrogen-bond donors (Lipinski definition) is 1. The molecule has 0 aliphatic rings. The number of rotatable bonds is 6. The van der Waals surface area contributed by atoms with E-state index in [9.17, 15) is 4.79 Å². The summed E-state index contributed by atoms with van der Waals surface area (Å²) >= 11 is 1.69. The van der Waals surface area contributed by atoms with E-state index >= 15 is 0 Å². The molecular weight excluding hydrogens is 340 g/mol. The van der Waals surface area contributed by atoms with Gasteiger partial charge < -0.3 is 0 Å². The molecule has 0 bridgehead atoms. The first-order chi connectivity index (χ1) is 12.8. The van der Waals surface area contributed by atoms with Gasteiger partial charge in [-0.25, -0.2) is 5.43 Å². The predicted octanol–water partition coefficient (Wildman–Crippen LogP) is 4.69. The first-order valence-corrected chi connectivity index (χ1v) is 9.57. The Morgan fingerprint density at radius 3 is 1.92 bits per heavy atom. The van der Waals surface area contributed by atoms with Gasteiger partial charge in [-0.15, -0.1) is 11.8 Å². The van der Waals surface area contributed by atoms with Crippen molar-refractivity contribution in [2.24, 2.45) is 5.10 Å². The molecule has 0 aliphatic heterocycles. The SMILES string of the molecule is CSc1ccc(/C=N/NC(=O)C(c2ccccc2)c2ccccc2)cc1. The topological polar surface area (TPSA) is 41.5 Å². The first kappa shape index (κ1) is 18.0. The van der Waals surface area contributed by atoms with E-state index in [1.807, 2.05) is 91.2 Å². The Kier molecular flexibility index (Phi) is 6.23. The minimum absolute atomic E-state index is 0.153. The van der Waals surface area contributed by atoms with Crippen LogP contribution in [0.5, 0.6) is 0 Å². The summed E-state index contributed by atoms with van der Waals surface area (Å²) in [5, 5.41) is 4.14. The number of amides is 1. The molecule has 3 rings (SSSR count). The van der Waals surface area contributed by atoms with Crippen LogP contribution in [0.15, 0.2) is 94.9 Å². The third-order valence-electron chi connectivity index (χ3n) is 4.03. The van der Waals surface area contributed by atoms with Crippen LogP contribution in [0.1, 0.15) is 22.6 Å². The molecule has 0 radical (unpaired) electrons. The van der Waals surface area contributed by atoms with E-state index in [0.717, 1.165) is 16.7 Å². The first-order valence-electron chi connectivity index (χ1n) is 8.35. The average Bonchev–Trinajstić information content (AvgIpc) is 2.70. The summed E-state index contributed by atoms with van der Waals surface area (Å²) in [6.07, 6.45) is 3.70. The fourth-order valence-corrected chi connectivity index (χ4v) is 3.12. The van der Waals surface area contributed by atoms with Crippen molar-refractivity contribution in [3.05, 3.63) is 102 Å². The van der Waals surface area contributed by atoms with Crippen molar-refractivity contribution in [3.8, 4) is 0 Å². The van der Waals surface area contributed by atoms with Crippen LogP contribution in [-0.4, -0.2) is 18.4 Å². The van der Waals surface area contributed by atoms with E-state index in [1.54, 1.807) is 18.0 Å². The summed E-state index contributed by atoms with van der Waals surface area (Å²) in [4.78, 5) is 14.0. The van der Waals surface area contributed by atoms with Crippen LogP contribution < -0.4 is 5.43 Å². The lowest BCUT2D eigenvalue weighted by Crippen LogP contribution is -2.26. The average molecular weight is 360 g/mol. The summed E-state index contributed by atoms with van der Waals surface area (Å²) < 4.78 is 0. The maximum absolute atomic E-state index is 12.8. The second kappa shape index (κ2) is 9.02. The van der Waals surface area contributed by atoms with E-state index < -0.39 is 5.92 Å². The quantitative estimate of drug-likeness (QED) is 0.394. The molecule has 1 N–H and O–H groups in total. The largest absolute Gasteiger partial charge is 0.272 e. The molecule has 4 heteroatoms. The molecule has 26 heavy (non-hydrogen) atoms. The Bertz CT molecular complexity index is 822. The molecule has 3 aromatic rings. The van der Waals surface area contributed by atoms with Crippen LogP contribution in [0.4, 0.5) is 0 Å². The number of thioether (sulfide) groups is 1. The van der Waals surface area contributed by atoms with Gasteiger partial charge >= 0.3 is 0 Å². The van der Waals surface area contributed by atoms with E-state index in [0.29, 0.717) is 0 Å². The molecule has 1 amide bonds. The molecule has 0 saturated heterocycles. The Morgan fingerprint density at radius 1 is 0.885 bits per heavy atom. The van der Waals surface area contributed by atoms with Crippen molar-refractivity contribution in [2.45, 2.75) is 10.8 Å². The lowest BCUT2D eigenvalue weighted by atomic mass is 9.91. The highest BCUT2D eigenvalue weighted by Crippen LogP contribution is 2.24. The van der Waals surface area contributed by atoms with Crippen LogP contribution in [0.2, 0.25) is 0 Å². The molecule has 0 aliphatic carbocycles. The lowest BCUT2D eigenvalue weighted by molar-refractivity contribution is -0.121. The van der Waals surface area contributed by atoms with Crippen molar-refractivity contribution < 1.29 is 4.79 Å². The minimum Gasteiger partial charge on any atom is -0.272 e. The predicted molar refractivity (Wildman–Crippen MR) is 109 cm³/mol. The summed E-state index contributed by atoms with van der Waals surface area (Å²) in [5.74, 6) is -0.548. The lowest BCUT2D eigenvalue weighted by Gasteiger charge is -2.16. The third kappa shape index (κ3) is 4.61. The highest BCUT2D eigenvalue weighted by Gasteiger charge is 2.22. The van der Waals surface area contributed by atoms with E-state index in [1.165, 1.54) is 4.90 Å². The van der Waals surface area contributed by atoms with E-state index in [-0.39, 0.29) is 5.91 Å². The maximum atomic E-state index is 12.8. The molecular formula is C22H20N2OS. The van der Waals surface area contributed by atoms with Gasteiger partial charge in [0.2, 0.25) is 0 Å². The molecule has 130 valence electrons. The van der Waals surface area contributed by atoms with Crippen molar-refractivity contribution in [1.29, 1.82) is 0 Å². The summed E-state index contributed by atoms with van der Waals surface area (Å²) in [5.41, 5.74) is 5.51. The second-order valence-electron chi connectivity index (χ2n) is 5.76. The molecule has 0 fully saturated rings. The van der Waals surface area contributed by atoms with Crippen LogP contribution in [-0.2, 0) is 4.79 Å². The zero-order valence-corrected chi connectivity index (χ0v) is 15.3. The monoisotopic (exact) mass is 360 g/mol. The maximum Gasteiger partial charge on any atom is 0.252 e. The zero-order valence-electron chi connectivity index (χ0n) is 14.5. The summed E-state index contributed by atoms with van der Waals surface area (Å²) in [7, 11) is 0. The second-order valence-corrected chi connectivity index (χ2v) is 6.64. The Morgan fingerprint density at radius 2 is 1.42 bits per heavy atom. The van der Waals surface area contributed by atoms with E-state index in [4.69, 9.17) is 0 Å². The molecule has 0 heterocycles. The van der Waals surface area contributed by atoms with Gasteiger partial charge in [0.05, 0.1) is 12.1 Å². The van der Waals surface area contributed by atoms with Crippen molar-refractivity contribution >= 4 is 23.9 Å². The normalized spacial score (nSPS) is 11.0. The summed E-state index contributed by atoms with van der Waals surface area (Å²) in [6, 6.07) is 27.5. The molecule has 0 aromatic heterocycles. The van der Waals surface area contributed by atoms with Crippen molar-refractivity contribution in [1.82, 2.24) is 5.43 Å². The van der Waals surface area contributed by atoms with Crippen LogP contribution in [0.25, 0.3) is 0 Å². The van der Waals surface area contributed by atoms with Crippen LogP contribution in [0, 0.1) is 0 Å². The molecule has 0 atom stereocenters. The van der Waals surface area contributed by atoms with Crippen LogP contribution >= 0.6 is 11.8 Å². The van der Waals surface area contributed by atoms with Crippen molar-refractivity contribution in [3.63, 3.8) is 0 Å². The number of benzene rings is 3. The Hall–Kier alpha value is -2.85. The Labute approximate surface area is 158 Å². The van der Waals surface area contributed by atoms with Gasteiger partial charge in [0.1, 0.15) is 0 Å². The number of carbonyl (C=O) groups is 1. The highest BCUT2D eigenvalue weighted by molar-refractivity contribution is 7.98. The van der Waals surface area contributed by atoms with Gasteiger partial charge in [-0.1, -0.05) is 72.8 Å². The highest BCUT2D eigenvalue weighted by atomic mass is 32.2. The molecule has 3 nitrogen and oxygen atoms in total. The van der Waals surface area contributed by atoms with Gasteiger partial charge in [0, 0.05) is 4.90 Å². The van der Waals surface area contributed by atoms with E-state index in [2.05, 4.69) is 10.5 Å². The molecule has 3 aromatic carbocycles. The minimum atomic E-state index is -0.395. The number of hydrogen-bond acceptors (Lipinski definition) is 3. The smallest absolute Gasteiger partial charge is 0.252 e. The fraction of sp³-hybridized carbons (Fsp3) is 0.0909. The standard InChI is InChI=1S/C22H20N2OS/c1-26-20-14-12-17(13-15-20)16-23-24-22(25)21(18-8-4-2-5-9-18)19-10-6-3-7-11-19/h2-16,21H,1H3,(H,24,25)/b23-16+. The molecule has 0 saturated carbocycles. The number of carbonyl (C=O) groups excluding carboxylic acids is 1. The van der Waals surface area contributed by atoms with Crippen LogP contribution in [0.3, 0.4) is 0 Å². The van der Waals surface area contributed by atoms with Crippen molar-refractivity contribution in [2.75, 3.05) is 6.26 Å². The number of hydrazone groups is 1. The van der Waals surface area contributed by atoms with Gasteiger partial charge in [-0.05, 0) is 35.1 Å². The zero-order chi connectivity index (χ0) is 18.2. The van der Waals surface area contributed by atoms with Gasteiger partial charge in [-0.2, -0.15) is 5.10 Å². The molecule has 0 spiro atoms. The van der Waals surface area contributed by atoms with Gasteiger partial charge in [0.15, 0.2) is 0 Å². The van der Waals surface area contributed by atoms with Gasteiger partial charge in [0.25, 0.3) is 5.91 Å². The number of nitrogens with one attached hydrogen (secondary N) is 1. The molecule has 0 unspecified atom stereocenters.